The number of amides is 1. The molecule has 0 saturated carbocycles. The Morgan fingerprint density at radius 2 is 1.79 bits per heavy atom. The van der Waals surface area contributed by atoms with Gasteiger partial charge in [0.15, 0.2) is 0 Å². The Morgan fingerprint density at radius 3 is 2.46 bits per heavy atom. The van der Waals surface area contributed by atoms with Crippen molar-refractivity contribution in [3.05, 3.63) is 71.6 Å². The Morgan fingerprint density at radius 1 is 1.07 bits per heavy atom. The molecule has 2 aromatic carbocycles. The lowest BCUT2D eigenvalue weighted by Gasteiger charge is -2.20. The molecule has 2 N–H and O–H groups in total. The zero-order valence-electron chi connectivity index (χ0n) is 16.6. The van der Waals surface area contributed by atoms with Crippen molar-refractivity contribution >= 4 is 5.91 Å². The fraction of sp³-hybridized carbons (Fsp3) is 0.318. The van der Waals surface area contributed by atoms with Gasteiger partial charge in [0.1, 0.15) is 12.6 Å². The molecular formula is C22H27N4O2+. The minimum atomic E-state index is -0.0236. The van der Waals surface area contributed by atoms with E-state index >= 15 is 0 Å². The summed E-state index contributed by atoms with van der Waals surface area (Å²) in [7, 11) is 4.15. The molecule has 0 saturated heterocycles. The van der Waals surface area contributed by atoms with Crippen molar-refractivity contribution in [3.63, 3.8) is 0 Å². The maximum absolute atomic E-state index is 12.5. The van der Waals surface area contributed by atoms with Crippen LogP contribution in [0.5, 0.6) is 0 Å². The summed E-state index contributed by atoms with van der Waals surface area (Å²) in [6.07, 6.45) is 0.725. The molecule has 0 aliphatic carbocycles. The molecule has 28 heavy (non-hydrogen) atoms. The predicted octanol–water partition coefficient (Wildman–Crippen LogP) is 1.98. The van der Waals surface area contributed by atoms with Gasteiger partial charge in [-0.2, -0.15) is 0 Å². The average Bonchev–Trinajstić information content (AvgIpc) is 3.16. The minimum Gasteiger partial charge on any atom is -0.421 e. The van der Waals surface area contributed by atoms with E-state index in [0.717, 1.165) is 17.7 Å². The van der Waals surface area contributed by atoms with Crippen LogP contribution >= 0.6 is 0 Å². The highest BCUT2D eigenvalue weighted by molar-refractivity contribution is 5.76. The van der Waals surface area contributed by atoms with E-state index in [2.05, 4.69) is 29.6 Å². The Balaban J connectivity index is 1.58. The molecule has 1 aromatic heterocycles. The van der Waals surface area contributed by atoms with E-state index in [0.29, 0.717) is 24.6 Å². The van der Waals surface area contributed by atoms with Gasteiger partial charge in [0.25, 0.3) is 0 Å². The number of hydrogen-bond acceptors (Lipinski definition) is 4. The number of likely N-dealkylation sites (N-methyl/N-ethyl adjacent to an activating group) is 1. The van der Waals surface area contributed by atoms with Crippen molar-refractivity contribution < 1.29 is 14.1 Å². The molecule has 0 aliphatic heterocycles. The van der Waals surface area contributed by atoms with Crippen molar-refractivity contribution in [2.45, 2.75) is 25.8 Å². The molecule has 0 bridgehead atoms. The van der Waals surface area contributed by atoms with Gasteiger partial charge in [0.2, 0.25) is 17.7 Å². The van der Waals surface area contributed by atoms with E-state index in [4.69, 9.17) is 4.42 Å². The van der Waals surface area contributed by atoms with E-state index in [1.54, 1.807) is 0 Å². The molecule has 1 heterocycles. The summed E-state index contributed by atoms with van der Waals surface area (Å²) < 4.78 is 5.71. The van der Waals surface area contributed by atoms with Crippen molar-refractivity contribution in [3.8, 4) is 11.5 Å². The van der Waals surface area contributed by atoms with Crippen LogP contribution in [0.2, 0.25) is 0 Å². The summed E-state index contributed by atoms with van der Waals surface area (Å²) in [5.41, 5.74) is 3.16. The number of hydrogen-bond donors (Lipinski definition) is 2. The third-order valence-corrected chi connectivity index (χ3v) is 4.48. The largest absolute Gasteiger partial charge is 0.421 e. The number of aryl methyl sites for hydroxylation is 2. The summed E-state index contributed by atoms with van der Waals surface area (Å²) >= 11 is 0. The van der Waals surface area contributed by atoms with E-state index in [1.807, 2.05) is 61.5 Å². The van der Waals surface area contributed by atoms with Gasteiger partial charge in [0, 0.05) is 18.4 Å². The lowest BCUT2D eigenvalue weighted by atomic mass is 10.1. The molecule has 6 nitrogen and oxygen atoms in total. The lowest BCUT2D eigenvalue weighted by molar-refractivity contribution is -0.860. The normalized spacial score (nSPS) is 12.1. The first kappa shape index (κ1) is 19.8. The fourth-order valence-corrected chi connectivity index (χ4v) is 3.00. The van der Waals surface area contributed by atoms with E-state index < -0.39 is 0 Å². The number of aromatic nitrogens is 2. The van der Waals surface area contributed by atoms with E-state index in [9.17, 15) is 4.79 Å². The standard InChI is InChI=1S/C22H26N4O2/c1-16-9-11-18(12-10-16)22-25-24-21(28-22)14-13-20(27)23-19(15-26(2)3)17-7-5-4-6-8-17/h4-12,19H,13-15H2,1-3H3,(H,23,27)/p+1/t19-/m1/s1. The smallest absolute Gasteiger partial charge is 0.247 e. The predicted molar refractivity (Wildman–Crippen MR) is 108 cm³/mol. The van der Waals surface area contributed by atoms with Crippen LogP contribution in [0.25, 0.3) is 11.5 Å². The third-order valence-electron chi connectivity index (χ3n) is 4.48. The van der Waals surface area contributed by atoms with Gasteiger partial charge < -0.3 is 14.6 Å². The Kier molecular flexibility index (Phi) is 6.55. The van der Waals surface area contributed by atoms with Crippen LogP contribution < -0.4 is 10.2 Å². The molecule has 0 aliphatic rings. The molecule has 3 aromatic rings. The quantitative estimate of drug-likeness (QED) is 0.628. The van der Waals surface area contributed by atoms with Crippen LogP contribution in [0.3, 0.4) is 0 Å². The van der Waals surface area contributed by atoms with E-state index in [-0.39, 0.29) is 11.9 Å². The first-order valence-electron chi connectivity index (χ1n) is 9.54. The van der Waals surface area contributed by atoms with Crippen molar-refractivity contribution in [2.24, 2.45) is 0 Å². The van der Waals surface area contributed by atoms with Crippen LogP contribution in [0.15, 0.2) is 59.0 Å². The second kappa shape index (κ2) is 9.28. The maximum Gasteiger partial charge on any atom is 0.247 e. The summed E-state index contributed by atoms with van der Waals surface area (Å²) in [6, 6.07) is 17.9. The topological polar surface area (TPSA) is 72.5 Å². The molecule has 0 fully saturated rings. The van der Waals surface area contributed by atoms with Gasteiger partial charge in [0.05, 0.1) is 14.1 Å². The second-order valence-corrected chi connectivity index (χ2v) is 7.31. The first-order valence-corrected chi connectivity index (χ1v) is 9.54. The molecule has 3 rings (SSSR count). The molecule has 1 amide bonds. The van der Waals surface area contributed by atoms with Gasteiger partial charge >= 0.3 is 0 Å². The number of rotatable bonds is 8. The number of carbonyl (C=O) groups excluding carboxylic acids is 1. The number of nitrogens with one attached hydrogen (secondary N) is 2. The van der Waals surface area contributed by atoms with Crippen molar-refractivity contribution in [1.29, 1.82) is 0 Å². The molecule has 146 valence electrons. The highest BCUT2D eigenvalue weighted by Gasteiger charge is 2.18. The van der Waals surface area contributed by atoms with Gasteiger partial charge in [-0.15, -0.1) is 10.2 Å². The molecule has 0 unspecified atom stereocenters. The minimum absolute atomic E-state index is 0.0230. The monoisotopic (exact) mass is 379 g/mol. The Bertz CT molecular complexity index is 888. The average molecular weight is 379 g/mol. The molecule has 6 heteroatoms. The zero-order valence-corrected chi connectivity index (χ0v) is 16.6. The maximum atomic E-state index is 12.5. The number of nitrogens with zero attached hydrogens (tertiary/aromatic N) is 2. The third kappa shape index (κ3) is 5.50. The summed E-state index contributed by atoms with van der Waals surface area (Å²) in [5.74, 6) is 0.930. The SMILES string of the molecule is Cc1ccc(-c2nnc(CCC(=O)N[C@H](C[NH+](C)C)c3ccccc3)o2)cc1. The van der Waals surface area contributed by atoms with Crippen molar-refractivity contribution in [1.82, 2.24) is 15.5 Å². The van der Waals surface area contributed by atoms with Crippen LogP contribution in [-0.2, 0) is 11.2 Å². The molecule has 1 atom stereocenters. The van der Waals surface area contributed by atoms with Crippen LogP contribution in [0.1, 0.15) is 29.5 Å². The zero-order chi connectivity index (χ0) is 19.9. The summed E-state index contributed by atoms with van der Waals surface area (Å²) in [6.45, 7) is 2.84. The molecule has 0 radical (unpaired) electrons. The lowest BCUT2D eigenvalue weighted by Crippen LogP contribution is -3.06. The van der Waals surface area contributed by atoms with Gasteiger partial charge in [-0.3, -0.25) is 4.79 Å². The number of carbonyl (C=O) groups is 1. The number of quaternary nitrogens is 1. The van der Waals surface area contributed by atoms with Crippen LogP contribution in [0, 0.1) is 6.92 Å². The van der Waals surface area contributed by atoms with Gasteiger partial charge in [-0.05, 0) is 24.6 Å². The molecular weight excluding hydrogens is 352 g/mol. The first-order chi connectivity index (χ1) is 13.5. The van der Waals surface area contributed by atoms with Crippen molar-refractivity contribution in [2.75, 3.05) is 20.6 Å². The van der Waals surface area contributed by atoms with Gasteiger partial charge in [-0.25, -0.2) is 0 Å². The summed E-state index contributed by atoms with van der Waals surface area (Å²) in [4.78, 5) is 13.8. The number of benzene rings is 2. The summed E-state index contributed by atoms with van der Waals surface area (Å²) in [5, 5.41) is 11.3. The van der Waals surface area contributed by atoms with E-state index in [1.165, 1.54) is 10.5 Å². The highest BCUT2D eigenvalue weighted by Crippen LogP contribution is 2.19. The fourth-order valence-electron chi connectivity index (χ4n) is 3.00. The highest BCUT2D eigenvalue weighted by atomic mass is 16.4. The van der Waals surface area contributed by atoms with Crippen LogP contribution in [0.4, 0.5) is 0 Å². The van der Waals surface area contributed by atoms with Gasteiger partial charge in [-0.1, -0.05) is 48.0 Å². The second-order valence-electron chi connectivity index (χ2n) is 7.31. The Hall–Kier alpha value is -2.99. The Labute approximate surface area is 165 Å². The molecule has 0 spiro atoms. The van der Waals surface area contributed by atoms with Crippen LogP contribution in [-0.4, -0.2) is 36.7 Å².